The molecule has 0 bridgehead atoms. The van der Waals surface area contributed by atoms with Crippen molar-refractivity contribution < 1.29 is 28.2 Å². The van der Waals surface area contributed by atoms with Crippen molar-refractivity contribution >= 4 is 31.5 Å². The number of phenols is 1. The summed E-state index contributed by atoms with van der Waals surface area (Å²) < 4.78 is 33.3. The minimum Gasteiger partial charge on any atom is -0.508 e. The highest BCUT2D eigenvalue weighted by molar-refractivity contribution is 7.32. The number of benzene rings is 3. The summed E-state index contributed by atoms with van der Waals surface area (Å²) in [4.78, 5) is 8.62. The van der Waals surface area contributed by atoms with Crippen LogP contribution >= 0.6 is 31.5 Å². The maximum Gasteiger partial charge on any atom is 0.698 e. The molecular weight excluding hydrogens is 453 g/mol. The molecule has 5 nitrogen and oxygen atoms in total. The topological polar surface area (TPSA) is 76.0 Å². The highest BCUT2D eigenvalue weighted by Gasteiger charge is 2.15. The van der Waals surface area contributed by atoms with E-state index in [0.717, 1.165) is 11.1 Å². The van der Waals surface area contributed by atoms with Gasteiger partial charge in [-0.2, -0.15) is 0 Å². The van der Waals surface area contributed by atoms with E-state index in [2.05, 4.69) is 4.52 Å². The Hall–Kier alpha value is -2.21. The van der Waals surface area contributed by atoms with Gasteiger partial charge in [-0.3, -0.25) is 0 Å². The van der Waals surface area contributed by atoms with Crippen LogP contribution in [-0.4, -0.2) is 16.8 Å². The van der Waals surface area contributed by atoms with E-state index in [1.807, 2.05) is 6.07 Å². The number of aromatic hydroxyl groups is 1. The minimum atomic E-state index is -2.76. The van der Waals surface area contributed by atoms with Gasteiger partial charge >= 0.3 is 8.25 Å². The Kier molecular flexibility index (Phi) is 7.64. The predicted molar refractivity (Wildman–Crippen MR) is 113 cm³/mol. The zero-order chi connectivity index (χ0) is 21.7. The van der Waals surface area contributed by atoms with Crippen LogP contribution in [0.5, 0.6) is 11.5 Å². The van der Waals surface area contributed by atoms with Gasteiger partial charge in [0.1, 0.15) is 17.3 Å². The van der Waals surface area contributed by atoms with Gasteiger partial charge in [0.2, 0.25) is 6.79 Å². The lowest BCUT2D eigenvalue weighted by atomic mass is 9.98. The Morgan fingerprint density at radius 1 is 0.933 bits per heavy atom. The molecule has 2 N–H and O–H groups in total. The molecule has 0 aliphatic heterocycles. The summed E-state index contributed by atoms with van der Waals surface area (Å²) in [6, 6.07) is 14.4. The van der Waals surface area contributed by atoms with Gasteiger partial charge in [-0.05, 0) is 52.6 Å². The average Bonchev–Trinajstić information content (AvgIpc) is 2.68. The fourth-order valence-corrected chi connectivity index (χ4v) is 3.63. The maximum atomic E-state index is 13.1. The van der Waals surface area contributed by atoms with Gasteiger partial charge < -0.3 is 9.84 Å². The number of halogens is 3. The Morgan fingerprint density at radius 2 is 1.57 bits per heavy atom. The molecule has 0 amide bonds. The Labute approximate surface area is 183 Å². The third kappa shape index (κ3) is 6.14. The molecule has 0 radical (unpaired) electrons. The normalized spacial score (nSPS) is 11.4. The van der Waals surface area contributed by atoms with E-state index < -0.39 is 15.0 Å². The van der Waals surface area contributed by atoms with Crippen LogP contribution in [0.4, 0.5) is 4.39 Å². The second kappa shape index (κ2) is 10.2. The first-order chi connectivity index (χ1) is 14.3. The molecule has 0 saturated heterocycles. The lowest BCUT2D eigenvalue weighted by Gasteiger charge is -2.12. The van der Waals surface area contributed by atoms with Crippen molar-refractivity contribution in [2.45, 2.75) is 12.8 Å². The molecule has 3 aromatic carbocycles. The lowest BCUT2D eigenvalue weighted by molar-refractivity contribution is 0.115. The van der Waals surface area contributed by atoms with Gasteiger partial charge in [0.15, 0.2) is 0 Å². The van der Waals surface area contributed by atoms with Crippen LogP contribution in [0, 0.1) is 5.82 Å². The molecule has 1 unspecified atom stereocenters. The summed E-state index contributed by atoms with van der Waals surface area (Å²) >= 11 is 12.7. The molecular formula is C21H17Cl2FO5P+. The van der Waals surface area contributed by atoms with Crippen molar-refractivity contribution in [3.05, 3.63) is 92.7 Å². The third-order valence-electron chi connectivity index (χ3n) is 4.34. The summed E-state index contributed by atoms with van der Waals surface area (Å²) in [6.45, 7) is -0.414. The molecule has 0 fully saturated rings. The maximum absolute atomic E-state index is 13.1. The first kappa shape index (κ1) is 22.5. The van der Waals surface area contributed by atoms with E-state index >= 15 is 0 Å². The molecule has 3 aromatic rings. The smallest absolute Gasteiger partial charge is 0.508 e. The average molecular weight is 470 g/mol. The van der Waals surface area contributed by atoms with Crippen LogP contribution in [0.15, 0.2) is 54.6 Å². The summed E-state index contributed by atoms with van der Waals surface area (Å²) in [5.74, 6) is 0.129. The molecule has 156 valence electrons. The standard InChI is InChI=1S/C21H16Cl2FO5P/c22-19-10-17(28-12-29-30(26)27)11-20(23)18(19)9-14-3-6-21(25)15(8-14)7-13-1-4-16(24)5-2-13/h1-6,8,10-11H,7,9,12H2,(H-,25,26,27)/p+1. The van der Waals surface area contributed by atoms with Crippen molar-refractivity contribution in [3.63, 3.8) is 0 Å². The van der Waals surface area contributed by atoms with Gasteiger partial charge in [0.25, 0.3) is 0 Å². The number of hydrogen-bond acceptors (Lipinski definition) is 4. The second-order valence-electron chi connectivity index (χ2n) is 6.44. The summed E-state index contributed by atoms with van der Waals surface area (Å²) in [6.07, 6.45) is 0.856. The largest absolute Gasteiger partial charge is 0.698 e. The third-order valence-corrected chi connectivity index (χ3v) is 5.34. The summed E-state index contributed by atoms with van der Waals surface area (Å²) in [5, 5.41) is 10.9. The van der Waals surface area contributed by atoms with Crippen LogP contribution in [0.2, 0.25) is 10.0 Å². The summed E-state index contributed by atoms with van der Waals surface area (Å²) in [7, 11) is -2.76. The van der Waals surface area contributed by atoms with Gasteiger partial charge in [-0.15, -0.1) is 4.89 Å². The molecule has 0 heterocycles. The fourth-order valence-electron chi connectivity index (χ4n) is 2.89. The van der Waals surface area contributed by atoms with Gasteiger partial charge in [-0.25, -0.2) is 4.39 Å². The van der Waals surface area contributed by atoms with Crippen LogP contribution in [0.1, 0.15) is 22.3 Å². The Bertz CT molecular complexity index is 1040. The minimum absolute atomic E-state index is 0.145. The van der Waals surface area contributed by atoms with Crippen LogP contribution < -0.4 is 4.74 Å². The zero-order valence-electron chi connectivity index (χ0n) is 15.5. The van der Waals surface area contributed by atoms with Crippen molar-refractivity contribution in [1.82, 2.24) is 0 Å². The van der Waals surface area contributed by atoms with Gasteiger partial charge in [0, 0.05) is 27.5 Å². The van der Waals surface area contributed by atoms with Crippen molar-refractivity contribution in [3.8, 4) is 11.5 Å². The monoisotopic (exact) mass is 469 g/mol. The SMILES string of the molecule is O=[P+](O)OCOc1cc(Cl)c(Cc2ccc(O)c(Cc3ccc(F)cc3)c2)c(Cl)c1. The fraction of sp³-hybridized carbons (Fsp3) is 0.143. The first-order valence-corrected chi connectivity index (χ1v) is 10.7. The molecule has 1 atom stereocenters. The molecule has 0 aliphatic carbocycles. The van der Waals surface area contributed by atoms with Crippen molar-refractivity contribution in [1.29, 1.82) is 0 Å². The molecule has 9 heteroatoms. The van der Waals surface area contributed by atoms with E-state index in [9.17, 15) is 14.1 Å². The molecule has 0 aromatic heterocycles. The van der Waals surface area contributed by atoms with Crippen molar-refractivity contribution in [2.75, 3.05) is 6.79 Å². The number of rotatable bonds is 8. The van der Waals surface area contributed by atoms with Gasteiger partial charge in [-0.1, -0.05) is 52.0 Å². The molecule has 0 saturated carbocycles. The molecule has 3 rings (SSSR count). The number of phenolic OH excluding ortho intramolecular Hbond substituents is 1. The predicted octanol–water partition coefficient (Wildman–Crippen LogP) is 6.02. The van der Waals surface area contributed by atoms with E-state index in [1.165, 1.54) is 24.3 Å². The quantitative estimate of drug-likeness (QED) is 0.311. The van der Waals surface area contributed by atoms with E-state index in [-0.39, 0.29) is 11.6 Å². The Morgan fingerprint density at radius 3 is 2.20 bits per heavy atom. The number of ether oxygens (including phenoxy) is 1. The first-order valence-electron chi connectivity index (χ1n) is 8.77. The van der Waals surface area contributed by atoms with E-state index in [4.69, 9.17) is 32.8 Å². The Balaban J connectivity index is 1.77. The van der Waals surface area contributed by atoms with Crippen LogP contribution in [-0.2, 0) is 21.9 Å². The summed E-state index contributed by atoms with van der Waals surface area (Å²) in [5.41, 5.74) is 3.11. The van der Waals surface area contributed by atoms with Crippen LogP contribution in [0.25, 0.3) is 0 Å². The zero-order valence-corrected chi connectivity index (χ0v) is 17.9. The highest BCUT2D eigenvalue weighted by atomic mass is 35.5. The van der Waals surface area contributed by atoms with Gasteiger partial charge in [0.05, 0.1) is 0 Å². The van der Waals surface area contributed by atoms with E-state index in [0.29, 0.717) is 39.8 Å². The molecule has 30 heavy (non-hydrogen) atoms. The second-order valence-corrected chi connectivity index (χ2v) is 7.99. The highest BCUT2D eigenvalue weighted by Crippen LogP contribution is 2.33. The van der Waals surface area contributed by atoms with E-state index in [1.54, 1.807) is 24.3 Å². The van der Waals surface area contributed by atoms with Crippen LogP contribution in [0.3, 0.4) is 0 Å². The molecule has 0 aliphatic rings. The molecule has 0 spiro atoms. The van der Waals surface area contributed by atoms with Crippen molar-refractivity contribution in [2.24, 2.45) is 0 Å². The number of hydrogen-bond donors (Lipinski definition) is 2. The lowest BCUT2D eigenvalue weighted by Crippen LogP contribution is -1.99.